The first kappa shape index (κ1) is 17.7. The summed E-state index contributed by atoms with van der Waals surface area (Å²) < 4.78 is 25.3. The smallest absolute Gasteiger partial charge is 0.232 e. The number of hydrogen-bond acceptors (Lipinski definition) is 3. The molecule has 0 heterocycles. The van der Waals surface area contributed by atoms with Crippen molar-refractivity contribution in [2.24, 2.45) is 0 Å². The van der Waals surface area contributed by atoms with Crippen LogP contribution in [-0.2, 0) is 10.0 Å². The van der Waals surface area contributed by atoms with Crippen molar-refractivity contribution in [1.29, 1.82) is 0 Å². The zero-order chi connectivity index (χ0) is 15.7. The molecule has 0 aliphatic carbocycles. The van der Waals surface area contributed by atoms with Gasteiger partial charge in [0.1, 0.15) is 0 Å². The fraction of sp³-hybridized carbons (Fsp3) is 0.562. The summed E-state index contributed by atoms with van der Waals surface area (Å²) in [5.74, 6) is 0.155. The van der Waals surface area contributed by atoms with Crippen molar-refractivity contribution in [3.63, 3.8) is 0 Å². The van der Waals surface area contributed by atoms with Crippen LogP contribution in [0.15, 0.2) is 24.3 Å². The zero-order valence-electron chi connectivity index (χ0n) is 12.9. The number of carbonyl (C=O) groups excluding carboxylic acids is 1. The van der Waals surface area contributed by atoms with Crippen molar-refractivity contribution >= 4 is 21.5 Å². The minimum atomic E-state index is -3.26. The lowest BCUT2D eigenvalue weighted by molar-refractivity contribution is 0.0979. The Kier molecular flexibility index (Phi) is 7.43. The number of anilines is 1. The van der Waals surface area contributed by atoms with Gasteiger partial charge in [-0.1, -0.05) is 32.6 Å². The van der Waals surface area contributed by atoms with Gasteiger partial charge < -0.3 is 0 Å². The molecule has 0 atom stereocenters. The van der Waals surface area contributed by atoms with Gasteiger partial charge in [0.25, 0.3) is 0 Å². The van der Waals surface area contributed by atoms with Gasteiger partial charge in [-0.2, -0.15) is 0 Å². The average Bonchev–Trinajstić information content (AvgIpc) is 2.47. The summed E-state index contributed by atoms with van der Waals surface area (Å²) in [5, 5.41) is 0. The Morgan fingerprint density at radius 1 is 1.00 bits per heavy atom. The predicted molar refractivity (Wildman–Crippen MR) is 87.2 cm³/mol. The lowest BCUT2D eigenvalue weighted by atomic mass is 10.0. The summed E-state index contributed by atoms with van der Waals surface area (Å²) in [7, 11) is -3.26. The number of benzene rings is 1. The van der Waals surface area contributed by atoms with E-state index in [2.05, 4.69) is 11.6 Å². The third-order valence-corrected chi connectivity index (χ3v) is 4.67. The first-order valence-electron chi connectivity index (χ1n) is 7.62. The van der Waals surface area contributed by atoms with Crippen molar-refractivity contribution in [2.45, 2.75) is 52.4 Å². The number of ketones is 1. The number of sulfonamides is 1. The summed E-state index contributed by atoms with van der Waals surface area (Å²) in [6.45, 7) is 3.75. The first-order chi connectivity index (χ1) is 9.98. The highest BCUT2D eigenvalue weighted by Crippen LogP contribution is 2.14. The van der Waals surface area contributed by atoms with E-state index < -0.39 is 10.0 Å². The van der Waals surface area contributed by atoms with Crippen LogP contribution in [0.2, 0.25) is 0 Å². The molecule has 0 saturated carbocycles. The number of Topliss-reactive ketones (excluding diaryl/α,β-unsaturated/α-hetero) is 1. The largest absolute Gasteiger partial charge is 0.294 e. The van der Waals surface area contributed by atoms with Crippen LogP contribution in [0.25, 0.3) is 0 Å². The van der Waals surface area contributed by atoms with E-state index in [4.69, 9.17) is 0 Å². The maximum atomic E-state index is 12.0. The van der Waals surface area contributed by atoms with Gasteiger partial charge in [-0.25, -0.2) is 8.42 Å². The zero-order valence-corrected chi connectivity index (χ0v) is 13.7. The second kappa shape index (κ2) is 8.82. The van der Waals surface area contributed by atoms with E-state index in [1.54, 1.807) is 31.2 Å². The number of hydrogen-bond donors (Lipinski definition) is 1. The van der Waals surface area contributed by atoms with Crippen molar-refractivity contribution in [3.8, 4) is 0 Å². The molecule has 1 aromatic carbocycles. The molecule has 1 rings (SSSR count). The van der Waals surface area contributed by atoms with E-state index in [0.717, 1.165) is 12.8 Å². The summed E-state index contributed by atoms with van der Waals surface area (Å²) in [4.78, 5) is 12.0. The van der Waals surface area contributed by atoms with E-state index in [1.165, 1.54) is 19.3 Å². The molecule has 0 amide bonds. The van der Waals surface area contributed by atoms with Gasteiger partial charge in [-0.15, -0.1) is 0 Å². The van der Waals surface area contributed by atoms with Crippen LogP contribution < -0.4 is 4.72 Å². The van der Waals surface area contributed by atoms with Crippen molar-refractivity contribution in [1.82, 2.24) is 0 Å². The van der Waals surface area contributed by atoms with E-state index >= 15 is 0 Å². The highest BCUT2D eigenvalue weighted by Gasteiger charge is 2.08. The fourth-order valence-electron chi connectivity index (χ4n) is 2.01. The van der Waals surface area contributed by atoms with E-state index in [9.17, 15) is 13.2 Å². The third-order valence-electron chi connectivity index (χ3n) is 3.37. The molecule has 0 saturated heterocycles. The molecule has 0 aliphatic heterocycles. The van der Waals surface area contributed by atoms with Crippen LogP contribution in [0.1, 0.15) is 62.7 Å². The minimum Gasteiger partial charge on any atom is -0.294 e. The van der Waals surface area contributed by atoms with Crippen LogP contribution in [0, 0.1) is 0 Å². The lowest BCUT2D eigenvalue weighted by Crippen LogP contribution is -2.14. The van der Waals surface area contributed by atoms with E-state index in [0.29, 0.717) is 17.7 Å². The molecule has 0 fully saturated rings. The molecule has 118 valence electrons. The molecular formula is C16H25NO3S. The Balaban J connectivity index is 2.48. The van der Waals surface area contributed by atoms with Crippen molar-refractivity contribution in [2.75, 3.05) is 10.5 Å². The van der Waals surface area contributed by atoms with Crippen LogP contribution in [0.3, 0.4) is 0 Å². The van der Waals surface area contributed by atoms with Crippen LogP contribution >= 0.6 is 0 Å². The number of nitrogens with one attached hydrogen (secondary N) is 1. The summed E-state index contributed by atoms with van der Waals surface area (Å²) in [6.07, 6.45) is 6.17. The summed E-state index contributed by atoms with van der Waals surface area (Å²) >= 11 is 0. The van der Waals surface area contributed by atoms with E-state index in [-0.39, 0.29) is 11.5 Å². The molecule has 21 heavy (non-hydrogen) atoms. The molecule has 0 aromatic heterocycles. The third kappa shape index (κ3) is 6.76. The molecule has 0 spiro atoms. The molecular weight excluding hydrogens is 286 g/mol. The minimum absolute atomic E-state index is 0.0332. The van der Waals surface area contributed by atoms with Gasteiger partial charge in [0.15, 0.2) is 5.78 Å². The SMILES string of the molecule is CCCCCCCC(=O)c1ccc(NS(=O)(=O)CC)cc1. The maximum Gasteiger partial charge on any atom is 0.232 e. The normalized spacial score (nSPS) is 11.3. The van der Waals surface area contributed by atoms with Gasteiger partial charge in [-0.3, -0.25) is 9.52 Å². The van der Waals surface area contributed by atoms with Gasteiger partial charge >= 0.3 is 0 Å². The van der Waals surface area contributed by atoms with Gasteiger partial charge in [-0.05, 0) is 37.6 Å². The standard InChI is InChI=1S/C16H25NO3S/c1-3-5-6-7-8-9-16(18)14-10-12-15(13-11-14)17-21(19,20)4-2/h10-13,17H,3-9H2,1-2H3. The number of carbonyl (C=O) groups is 1. The quantitative estimate of drug-likeness (QED) is 0.525. The lowest BCUT2D eigenvalue weighted by Gasteiger charge is -2.07. The first-order valence-corrected chi connectivity index (χ1v) is 9.27. The highest BCUT2D eigenvalue weighted by molar-refractivity contribution is 7.92. The molecule has 0 bridgehead atoms. The molecule has 1 N–H and O–H groups in total. The Morgan fingerprint density at radius 2 is 1.62 bits per heavy atom. The monoisotopic (exact) mass is 311 g/mol. The molecule has 1 aromatic rings. The fourth-order valence-corrected chi connectivity index (χ4v) is 2.65. The van der Waals surface area contributed by atoms with Crippen LogP contribution in [0.5, 0.6) is 0 Å². The van der Waals surface area contributed by atoms with Crippen molar-refractivity contribution < 1.29 is 13.2 Å². The van der Waals surface area contributed by atoms with Gasteiger partial charge in [0, 0.05) is 17.7 Å². The maximum absolute atomic E-state index is 12.0. The molecule has 0 unspecified atom stereocenters. The topological polar surface area (TPSA) is 63.2 Å². The molecule has 4 nitrogen and oxygen atoms in total. The van der Waals surface area contributed by atoms with Crippen LogP contribution in [-0.4, -0.2) is 20.0 Å². The Hall–Kier alpha value is -1.36. The second-order valence-corrected chi connectivity index (χ2v) is 7.18. The highest BCUT2D eigenvalue weighted by atomic mass is 32.2. The average molecular weight is 311 g/mol. The second-order valence-electron chi connectivity index (χ2n) is 5.17. The predicted octanol–water partition coefficient (Wildman–Crippen LogP) is 3.99. The Bertz CT molecular complexity index is 535. The van der Waals surface area contributed by atoms with Gasteiger partial charge in [0.05, 0.1) is 5.75 Å². The Morgan fingerprint density at radius 3 is 2.19 bits per heavy atom. The van der Waals surface area contributed by atoms with Crippen LogP contribution in [0.4, 0.5) is 5.69 Å². The molecule has 0 aliphatic rings. The molecule has 0 radical (unpaired) electrons. The summed E-state index contributed by atoms with van der Waals surface area (Å²) in [6, 6.07) is 6.64. The van der Waals surface area contributed by atoms with Gasteiger partial charge in [0.2, 0.25) is 10.0 Å². The number of rotatable bonds is 10. The summed E-state index contributed by atoms with van der Waals surface area (Å²) in [5.41, 5.74) is 1.14. The Labute approximate surface area is 128 Å². The van der Waals surface area contributed by atoms with Crippen molar-refractivity contribution in [3.05, 3.63) is 29.8 Å². The van der Waals surface area contributed by atoms with E-state index in [1.807, 2.05) is 0 Å². The number of unbranched alkanes of at least 4 members (excludes halogenated alkanes) is 4. The molecule has 5 heteroatoms.